The van der Waals surface area contributed by atoms with Crippen LogP contribution in [-0.2, 0) is 14.8 Å². The molecule has 1 fully saturated rings. The maximum atomic E-state index is 12.8. The monoisotopic (exact) mass is 463 g/mol. The van der Waals surface area contributed by atoms with E-state index in [1.54, 1.807) is 0 Å². The van der Waals surface area contributed by atoms with Gasteiger partial charge in [-0.2, -0.15) is 4.31 Å². The summed E-state index contributed by atoms with van der Waals surface area (Å²) in [5.41, 5.74) is 0. The highest BCUT2D eigenvalue weighted by atomic mass is 79.9. The first-order valence-electron chi connectivity index (χ1n) is 5.61. The number of thioether (sulfide) groups is 1. The topological polar surface area (TPSA) is 74.7 Å². The number of hydrogen-bond acceptors (Lipinski definition) is 5. The Labute approximate surface area is 142 Å². The first kappa shape index (κ1) is 16.8. The lowest BCUT2D eigenvalue weighted by Crippen LogP contribution is -2.45. The van der Waals surface area contributed by atoms with Crippen LogP contribution in [0.15, 0.2) is 18.5 Å². The quantitative estimate of drug-likeness (QED) is 0.740. The number of halogens is 2. The number of aliphatic carboxylic acids is 1. The minimum Gasteiger partial charge on any atom is -0.480 e. The number of carboxylic acid groups (broad SMARTS) is 1. The molecule has 0 aromatic carbocycles. The Bertz CT molecular complexity index is 630. The molecule has 5 nitrogen and oxygen atoms in total. The average Bonchev–Trinajstić information content (AvgIpc) is 2.92. The molecule has 0 aliphatic carbocycles. The van der Waals surface area contributed by atoms with Gasteiger partial charge >= 0.3 is 5.97 Å². The normalized spacial score (nSPS) is 24.1. The molecule has 0 spiro atoms. The summed E-state index contributed by atoms with van der Waals surface area (Å²) in [6, 6.07) is 0.485. The summed E-state index contributed by atoms with van der Waals surface area (Å²) in [4.78, 5) is 11.4. The zero-order valence-corrected chi connectivity index (χ0v) is 15.9. The van der Waals surface area contributed by atoms with Gasteiger partial charge in [0, 0.05) is 5.75 Å². The van der Waals surface area contributed by atoms with Crippen LogP contribution in [0.5, 0.6) is 0 Å². The number of sulfonamides is 1. The molecule has 0 bridgehead atoms. The van der Waals surface area contributed by atoms with Gasteiger partial charge in [-0.25, -0.2) is 8.42 Å². The Morgan fingerprint density at radius 1 is 1.55 bits per heavy atom. The van der Waals surface area contributed by atoms with Crippen LogP contribution in [0.3, 0.4) is 0 Å². The van der Waals surface area contributed by atoms with Crippen LogP contribution < -0.4 is 0 Å². The molecule has 1 aliphatic rings. The second-order valence-electron chi connectivity index (χ2n) is 4.07. The van der Waals surface area contributed by atoms with Crippen LogP contribution in [0, 0.1) is 0 Å². The molecule has 10 heteroatoms. The fraction of sp³-hybridized carbons (Fsp3) is 0.500. The molecule has 112 valence electrons. The number of nitrogens with zero attached hydrogens (tertiary/aromatic N) is 1. The van der Waals surface area contributed by atoms with E-state index in [2.05, 4.69) is 31.9 Å². The average molecular weight is 465 g/mol. The third kappa shape index (κ3) is 2.95. The summed E-state index contributed by atoms with van der Waals surface area (Å²) in [6.45, 7) is 1.85. The number of rotatable bonds is 4. The molecule has 2 unspecified atom stereocenters. The zero-order valence-electron chi connectivity index (χ0n) is 10.2. The van der Waals surface area contributed by atoms with Crippen molar-refractivity contribution in [2.45, 2.75) is 29.7 Å². The number of thiophene rings is 1. The maximum absolute atomic E-state index is 12.8. The minimum absolute atomic E-state index is 0.113. The van der Waals surface area contributed by atoms with E-state index < -0.39 is 22.0 Å². The molecular formula is C10H11Br2NO4S3. The Morgan fingerprint density at radius 2 is 2.20 bits per heavy atom. The van der Waals surface area contributed by atoms with Gasteiger partial charge in [0.1, 0.15) is 10.9 Å². The van der Waals surface area contributed by atoms with Gasteiger partial charge in [0.2, 0.25) is 10.0 Å². The lowest BCUT2D eigenvalue weighted by Gasteiger charge is -2.25. The van der Waals surface area contributed by atoms with E-state index in [1.807, 2.05) is 6.92 Å². The summed E-state index contributed by atoms with van der Waals surface area (Å²) in [5, 5.41) is 8.90. The summed E-state index contributed by atoms with van der Waals surface area (Å²) in [6.07, 6.45) is 0.566. The van der Waals surface area contributed by atoms with Crippen LogP contribution in [0.25, 0.3) is 0 Å². The van der Waals surface area contributed by atoms with E-state index in [0.29, 0.717) is 14.0 Å². The van der Waals surface area contributed by atoms with Gasteiger partial charge in [0.05, 0.1) is 12.9 Å². The molecule has 20 heavy (non-hydrogen) atoms. The predicted octanol–water partition coefficient (Wildman–Crippen LogP) is 3.20. The van der Waals surface area contributed by atoms with Crippen LogP contribution in [0.1, 0.15) is 13.3 Å². The third-order valence-electron chi connectivity index (χ3n) is 2.85. The van der Waals surface area contributed by atoms with E-state index in [4.69, 9.17) is 0 Å². The van der Waals surface area contributed by atoms with Gasteiger partial charge in [-0.15, -0.1) is 23.1 Å². The smallest absolute Gasteiger partial charge is 0.322 e. The maximum Gasteiger partial charge on any atom is 0.322 e. The molecule has 2 heterocycles. The molecule has 1 aliphatic heterocycles. The molecule has 1 aromatic rings. The highest BCUT2D eigenvalue weighted by Crippen LogP contribution is 2.41. The summed E-state index contributed by atoms with van der Waals surface area (Å²) in [7, 11) is -3.84. The van der Waals surface area contributed by atoms with E-state index >= 15 is 0 Å². The van der Waals surface area contributed by atoms with Crippen molar-refractivity contribution in [3.63, 3.8) is 0 Å². The second-order valence-corrected chi connectivity index (χ2v) is 10.8. The summed E-state index contributed by atoms with van der Waals surface area (Å²) < 4.78 is 27.8. The number of hydrogen-bond donors (Lipinski definition) is 1. The molecule has 2 atom stereocenters. The molecule has 1 N–H and O–H groups in total. The molecule has 1 aromatic heterocycles. The van der Waals surface area contributed by atoms with Crippen molar-refractivity contribution >= 4 is 71.0 Å². The Balaban J connectivity index is 2.50. The molecular weight excluding hydrogens is 454 g/mol. The highest BCUT2D eigenvalue weighted by molar-refractivity contribution is 9.12. The van der Waals surface area contributed by atoms with Crippen LogP contribution in [0.4, 0.5) is 0 Å². The fourth-order valence-corrected chi connectivity index (χ4v) is 9.27. The van der Waals surface area contributed by atoms with Crippen molar-refractivity contribution in [1.29, 1.82) is 0 Å². The largest absolute Gasteiger partial charge is 0.480 e. The third-order valence-corrected chi connectivity index (χ3v) is 9.11. The Hall–Kier alpha value is 0.390. The first-order chi connectivity index (χ1) is 9.28. The standard InChI is InChI=1S/C10H11Br2NO4S3/c1-2-8-13(5(4-18-8)10(14)15)20(16,17)6-3-7(11)19-9(6)12/h3,5,8H,2,4H2,1H3,(H,14,15). The lowest BCUT2D eigenvalue weighted by atomic mass is 10.3. The molecule has 2 rings (SSSR count). The predicted molar refractivity (Wildman–Crippen MR) is 86.7 cm³/mol. The van der Waals surface area contributed by atoms with Gasteiger partial charge in [0.15, 0.2) is 0 Å². The van der Waals surface area contributed by atoms with E-state index in [1.165, 1.54) is 29.2 Å². The summed E-state index contributed by atoms with van der Waals surface area (Å²) >= 11 is 9.08. The van der Waals surface area contributed by atoms with Gasteiger partial charge in [-0.3, -0.25) is 4.79 Å². The number of carbonyl (C=O) groups is 1. The number of carboxylic acids is 1. The first-order valence-corrected chi connectivity index (χ1v) is 10.5. The fourth-order valence-electron chi connectivity index (χ4n) is 1.96. The SMILES string of the molecule is CCC1SCC(C(=O)O)N1S(=O)(=O)c1cc(Br)sc1Br. The van der Waals surface area contributed by atoms with Crippen molar-refractivity contribution in [2.24, 2.45) is 0 Å². The zero-order chi connectivity index (χ0) is 15.1. The van der Waals surface area contributed by atoms with Crippen molar-refractivity contribution < 1.29 is 18.3 Å². The minimum atomic E-state index is -3.84. The van der Waals surface area contributed by atoms with Crippen LogP contribution in [-0.4, -0.2) is 41.0 Å². The van der Waals surface area contributed by atoms with Crippen molar-refractivity contribution in [2.75, 3.05) is 5.75 Å². The van der Waals surface area contributed by atoms with Gasteiger partial charge in [-0.1, -0.05) is 6.92 Å². The van der Waals surface area contributed by atoms with Crippen LogP contribution in [0.2, 0.25) is 0 Å². The Morgan fingerprint density at radius 3 is 2.65 bits per heavy atom. The van der Waals surface area contributed by atoms with Crippen molar-refractivity contribution in [1.82, 2.24) is 4.31 Å². The van der Waals surface area contributed by atoms with Gasteiger partial charge < -0.3 is 5.11 Å². The Kier molecular flexibility index (Phi) is 5.24. The van der Waals surface area contributed by atoms with E-state index in [-0.39, 0.29) is 16.0 Å². The van der Waals surface area contributed by atoms with E-state index in [9.17, 15) is 18.3 Å². The summed E-state index contributed by atoms with van der Waals surface area (Å²) in [5.74, 6) is -0.835. The molecule has 0 amide bonds. The highest BCUT2D eigenvalue weighted by Gasteiger charge is 2.46. The molecule has 0 saturated carbocycles. The van der Waals surface area contributed by atoms with Gasteiger partial charge in [0.25, 0.3) is 0 Å². The lowest BCUT2D eigenvalue weighted by molar-refractivity contribution is -0.140. The van der Waals surface area contributed by atoms with Crippen molar-refractivity contribution in [3.05, 3.63) is 13.6 Å². The van der Waals surface area contributed by atoms with Crippen LogP contribution >= 0.6 is 55.0 Å². The molecule has 1 saturated heterocycles. The van der Waals surface area contributed by atoms with E-state index in [0.717, 1.165) is 4.31 Å². The second kappa shape index (κ2) is 6.25. The van der Waals surface area contributed by atoms with Gasteiger partial charge in [-0.05, 0) is 44.3 Å². The van der Waals surface area contributed by atoms with Crippen molar-refractivity contribution in [3.8, 4) is 0 Å². The molecule has 0 radical (unpaired) electrons.